The van der Waals surface area contributed by atoms with E-state index in [2.05, 4.69) is 17.6 Å². The lowest BCUT2D eigenvalue weighted by atomic mass is 9.85. The Balaban J connectivity index is 1.61. The van der Waals surface area contributed by atoms with Gasteiger partial charge in [-0.2, -0.15) is 0 Å². The Labute approximate surface area is 150 Å². The molecule has 2 unspecified atom stereocenters. The van der Waals surface area contributed by atoms with Gasteiger partial charge in [0.15, 0.2) is 0 Å². The van der Waals surface area contributed by atoms with Gasteiger partial charge in [0, 0.05) is 18.7 Å². The number of hydrogen-bond acceptors (Lipinski definition) is 4. The number of carbonyl (C=O) groups is 1. The molecule has 2 heterocycles. The summed E-state index contributed by atoms with van der Waals surface area (Å²) in [7, 11) is -3.21. The molecule has 2 N–H and O–H groups in total. The van der Waals surface area contributed by atoms with Gasteiger partial charge in [0.05, 0.1) is 11.4 Å². The molecule has 1 amide bonds. The minimum Gasteiger partial charge on any atom is -0.326 e. The molecule has 7 heteroatoms. The van der Waals surface area contributed by atoms with Gasteiger partial charge in [-0.3, -0.25) is 9.10 Å². The molecule has 2 saturated heterocycles. The fraction of sp³-hybridized carbons (Fsp3) is 0.611. The Kier molecular flexibility index (Phi) is 5.64. The Morgan fingerprint density at radius 1 is 1.40 bits per heavy atom. The van der Waals surface area contributed by atoms with Crippen molar-refractivity contribution in [2.24, 2.45) is 11.8 Å². The van der Waals surface area contributed by atoms with E-state index in [4.69, 9.17) is 0 Å². The topological polar surface area (TPSA) is 78.5 Å². The lowest BCUT2D eigenvalue weighted by molar-refractivity contribution is -0.117. The molecule has 3 rings (SSSR count). The Bertz CT molecular complexity index is 714. The number of anilines is 2. The van der Waals surface area contributed by atoms with Crippen molar-refractivity contribution in [3.05, 3.63) is 24.3 Å². The summed E-state index contributed by atoms with van der Waals surface area (Å²) in [5.41, 5.74) is 1.28. The zero-order valence-corrected chi connectivity index (χ0v) is 15.5. The SMILES string of the molecule is CC(CC(=O)Nc1cccc(N2CCCS2(=O)=O)c1)C1CCCNC1. The minimum absolute atomic E-state index is 0.0143. The van der Waals surface area contributed by atoms with Crippen LogP contribution in [-0.4, -0.2) is 39.7 Å². The Hall–Kier alpha value is -1.60. The normalized spacial score (nSPS) is 24.0. The van der Waals surface area contributed by atoms with Gasteiger partial charge < -0.3 is 10.6 Å². The van der Waals surface area contributed by atoms with E-state index >= 15 is 0 Å². The maximum Gasteiger partial charge on any atom is 0.235 e. The first kappa shape index (κ1) is 18.2. The van der Waals surface area contributed by atoms with Crippen molar-refractivity contribution >= 4 is 27.3 Å². The molecule has 0 radical (unpaired) electrons. The second kappa shape index (κ2) is 7.74. The van der Waals surface area contributed by atoms with Crippen LogP contribution in [0.5, 0.6) is 0 Å². The van der Waals surface area contributed by atoms with E-state index < -0.39 is 10.0 Å². The summed E-state index contributed by atoms with van der Waals surface area (Å²) in [5.74, 6) is 1.05. The van der Waals surface area contributed by atoms with Gasteiger partial charge in [-0.25, -0.2) is 8.42 Å². The van der Waals surface area contributed by atoms with Crippen molar-refractivity contribution in [2.75, 3.05) is 35.0 Å². The summed E-state index contributed by atoms with van der Waals surface area (Å²) < 4.78 is 25.5. The number of nitrogens with one attached hydrogen (secondary N) is 2. The van der Waals surface area contributed by atoms with Crippen LogP contribution in [-0.2, 0) is 14.8 Å². The summed E-state index contributed by atoms with van der Waals surface area (Å²) in [6.45, 7) is 4.69. The third-order valence-electron chi connectivity index (χ3n) is 5.16. The molecule has 2 aliphatic heterocycles. The highest BCUT2D eigenvalue weighted by molar-refractivity contribution is 7.93. The van der Waals surface area contributed by atoms with Gasteiger partial charge in [-0.05, 0) is 62.4 Å². The highest BCUT2D eigenvalue weighted by Crippen LogP contribution is 2.27. The summed E-state index contributed by atoms with van der Waals surface area (Å²) in [4.78, 5) is 12.4. The van der Waals surface area contributed by atoms with Gasteiger partial charge in [0.2, 0.25) is 15.9 Å². The van der Waals surface area contributed by atoms with Gasteiger partial charge in [0.25, 0.3) is 0 Å². The zero-order chi connectivity index (χ0) is 17.9. The molecular weight excluding hydrogens is 338 g/mol. The van der Waals surface area contributed by atoms with Crippen molar-refractivity contribution in [1.29, 1.82) is 0 Å². The second-order valence-corrected chi connectivity index (χ2v) is 9.14. The largest absolute Gasteiger partial charge is 0.326 e. The van der Waals surface area contributed by atoms with Crippen LogP contribution in [0.4, 0.5) is 11.4 Å². The molecule has 0 spiro atoms. The van der Waals surface area contributed by atoms with Crippen molar-refractivity contribution in [3.63, 3.8) is 0 Å². The van der Waals surface area contributed by atoms with Crippen LogP contribution >= 0.6 is 0 Å². The van der Waals surface area contributed by atoms with Crippen molar-refractivity contribution in [1.82, 2.24) is 5.32 Å². The third-order valence-corrected chi connectivity index (χ3v) is 7.03. The fourth-order valence-electron chi connectivity index (χ4n) is 3.70. The number of nitrogens with zero attached hydrogens (tertiary/aromatic N) is 1. The number of amides is 1. The predicted molar refractivity (Wildman–Crippen MR) is 100 cm³/mol. The van der Waals surface area contributed by atoms with Crippen LogP contribution in [0.3, 0.4) is 0 Å². The Morgan fingerprint density at radius 2 is 2.24 bits per heavy atom. The average molecular weight is 365 g/mol. The molecule has 1 aromatic carbocycles. The van der Waals surface area contributed by atoms with Crippen LogP contribution in [0.1, 0.15) is 32.6 Å². The Morgan fingerprint density at radius 3 is 2.92 bits per heavy atom. The molecule has 2 atom stereocenters. The average Bonchev–Trinajstić information content (AvgIpc) is 2.95. The number of hydrogen-bond donors (Lipinski definition) is 2. The standard InChI is InChI=1S/C18H27N3O3S/c1-14(15-5-3-8-19-13-15)11-18(22)20-16-6-2-7-17(12-16)21-9-4-10-25(21,23)24/h2,6-7,12,14-15,19H,3-5,8-11,13H2,1H3,(H,20,22). The van der Waals surface area contributed by atoms with Crippen LogP contribution in [0, 0.1) is 11.8 Å². The van der Waals surface area contributed by atoms with Crippen LogP contribution in [0.15, 0.2) is 24.3 Å². The summed E-state index contributed by atoms with van der Waals surface area (Å²) >= 11 is 0. The summed E-state index contributed by atoms with van der Waals surface area (Å²) in [5, 5.41) is 6.31. The van der Waals surface area contributed by atoms with Crippen molar-refractivity contribution in [2.45, 2.75) is 32.6 Å². The number of benzene rings is 1. The van der Waals surface area contributed by atoms with Crippen molar-refractivity contribution in [3.8, 4) is 0 Å². The molecule has 6 nitrogen and oxygen atoms in total. The van der Waals surface area contributed by atoms with Crippen LogP contribution < -0.4 is 14.9 Å². The van der Waals surface area contributed by atoms with E-state index in [1.165, 1.54) is 17.1 Å². The van der Waals surface area contributed by atoms with Crippen molar-refractivity contribution < 1.29 is 13.2 Å². The van der Waals surface area contributed by atoms with E-state index in [-0.39, 0.29) is 11.7 Å². The van der Waals surface area contributed by atoms with Gasteiger partial charge >= 0.3 is 0 Å². The van der Waals surface area contributed by atoms with Gasteiger partial charge in [-0.1, -0.05) is 13.0 Å². The summed E-state index contributed by atoms with van der Waals surface area (Å²) in [6, 6.07) is 7.10. The first-order chi connectivity index (χ1) is 12.0. The van der Waals surface area contributed by atoms with Crippen LogP contribution in [0.25, 0.3) is 0 Å². The lowest BCUT2D eigenvalue weighted by Crippen LogP contribution is -2.34. The van der Waals surface area contributed by atoms with Crippen LogP contribution in [0.2, 0.25) is 0 Å². The highest BCUT2D eigenvalue weighted by Gasteiger charge is 2.28. The summed E-state index contributed by atoms with van der Waals surface area (Å²) in [6.07, 6.45) is 3.47. The maximum absolute atomic E-state index is 12.4. The second-order valence-electron chi connectivity index (χ2n) is 7.13. The van der Waals surface area contributed by atoms with E-state index in [1.54, 1.807) is 24.3 Å². The molecule has 0 aromatic heterocycles. The maximum atomic E-state index is 12.4. The van der Waals surface area contributed by atoms with Gasteiger partial charge in [-0.15, -0.1) is 0 Å². The van der Waals surface area contributed by atoms with E-state index in [0.717, 1.165) is 13.1 Å². The fourth-order valence-corrected chi connectivity index (χ4v) is 5.26. The number of sulfonamides is 1. The molecule has 25 heavy (non-hydrogen) atoms. The molecule has 2 aliphatic rings. The highest BCUT2D eigenvalue weighted by atomic mass is 32.2. The van der Waals surface area contributed by atoms with Gasteiger partial charge in [0.1, 0.15) is 0 Å². The molecule has 2 fully saturated rings. The molecular formula is C18H27N3O3S. The first-order valence-corrected chi connectivity index (χ1v) is 10.7. The smallest absolute Gasteiger partial charge is 0.235 e. The zero-order valence-electron chi connectivity index (χ0n) is 14.7. The lowest BCUT2D eigenvalue weighted by Gasteiger charge is -2.28. The minimum atomic E-state index is -3.21. The third kappa shape index (κ3) is 4.52. The molecule has 0 saturated carbocycles. The molecule has 138 valence electrons. The molecule has 0 bridgehead atoms. The predicted octanol–water partition coefficient (Wildman–Crippen LogP) is 2.19. The molecule has 0 aliphatic carbocycles. The molecule has 1 aromatic rings. The van der Waals surface area contributed by atoms with E-state index in [9.17, 15) is 13.2 Å². The first-order valence-electron chi connectivity index (χ1n) is 9.07. The monoisotopic (exact) mass is 365 g/mol. The number of piperidine rings is 1. The number of carbonyl (C=O) groups excluding carboxylic acids is 1. The van der Waals surface area contributed by atoms with E-state index in [1.807, 2.05) is 0 Å². The number of rotatable bonds is 5. The quantitative estimate of drug-likeness (QED) is 0.838. The van der Waals surface area contributed by atoms with E-state index in [0.29, 0.717) is 42.6 Å².